The second kappa shape index (κ2) is 8.21. The van der Waals surface area contributed by atoms with Gasteiger partial charge in [0.1, 0.15) is 11.2 Å². The quantitative estimate of drug-likeness (QED) is 0.298. The van der Waals surface area contributed by atoms with E-state index in [0.717, 1.165) is 50.4 Å². The molecule has 0 fully saturated rings. The average Bonchev–Trinajstić information content (AvgIpc) is 3.24. The van der Waals surface area contributed by atoms with Gasteiger partial charge in [0.25, 0.3) is 0 Å². The molecule has 0 aliphatic heterocycles. The maximum absolute atomic E-state index is 6.03. The first-order chi connectivity index (χ1) is 16.3. The van der Waals surface area contributed by atoms with E-state index in [1.54, 1.807) is 0 Å². The van der Waals surface area contributed by atoms with Gasteiger partial charge < -0.3 is 14.6 Å². The molecule has 0 radical (unpaired) electrons. The second-order valence-electron chi connectivity index (χ2n) is 7.99. The van der Waals surface area contributed by atoms with Crippen molar-refractivity contribution in [2.45, 2.75) is 0 Å². The minimum absolute atomic E-state index is 0.886. The SMILES string of the molecule is c1ccc(N(c2ccccc2)c2ccc(Nc3ccc4c(c3)oc3ccccc34)cc2)cc1. The highest BCUT2D eigenvalue weighted by molar-refractivity contribution is 6.05. The van der Waals surface area contributed by atoms with E-state index in [0.29, 0.717) is 0 Å². The lowest BCUT2D eigenvalue weighted by atomic mass is 10.1. The number of fused-ring (bicyclic) bond motifs is 3. The van der Waals surface area contributed by atoms with Gasteiger partial charge in [0.05, 0.1) is 0 Å². The molecule has 1 N–H and O–H groups in total. The minimum Gasteiger partial charge on any atom is -0.456 e. The highest BCUT2D eigenvalue weighted by Crippen LogP contribution is 2.35. The van der Waals surface area contributed by atoms with Crippen molar-refractivity contribution in [2.24, 2.45) is 0 Å². The summed E-state index contributed by atoms with van der Waals surface area (Å²) in [5, 5.41) is 5.78. The maximum atomic E-state index is 6.03. The van der Waals surface area contributed by atoms with Crippen molar-refractivity contribution in [1.82, 2.24) is 0 Å². The third-order valence-corrected chi connectivity index (χ3v) is 5.82. The predicted octanol–water partition coefficient (Wildman–Crippen LogP) is 8.80. The number of furan rings is 1. The summed E-state index contributed by atoms with van der Waals surface area (Å²) in [5.41, 5.74) is 7.17. The van der Waals surface area contributed by atoms with E-state index in [2.05, 4.69) is 107 Å². The normalized spacial score (nSPS) is 11.0. The number of nitrogens with zero attached hydrogens (tertiary/aromatic N) is 1. The van der Waals surface area contributed by atoms with Gasteiger partial charge in [-0.3, -0.25) is 0 Å². The van der Waals surface area contributed by atoms with Crippen molar-refractivity contribution < 1.29 is 4.42 Å². The third-order valence-electron chi connectivity index (χ3n) is 5.82. The van der Waals surface area contributed by atoms with E-state index in [1.807, 2.05) is 30.3 Å². The zero-order chi connectivity index (χ0) is 22.0. The summed E-state index contributed by atoms with van der Waals surface area (Å²) in [7, 11) is 0. The Bertz CT molecular complexity index is 1480. The van der Waals surface area contributed by atoms with Gasteiger partial charge in [-0.05, 0) is 66.7 Å². The molecule has 1 heterocycles. The largest absolute Gasteiger partial charge is 0.456 e. The summed E-state index contributed by atoms with van der Waals surface area (Å²) in [6.07, 6.45) is 0. The number of nitrogens with one attached hydrogen (secondary N) is 1. The highest BCUT2D eigenvalue weighted by Gasteiger charge is 2.12. The molecule has 1 aromatic heterocycles. The van der Waals surface area contributed by atoms with Crippen LogP contribution in [0.15, 0.2) is 132 Å². The standard InChI is InChI=1S/C30H22N2O/c1-3-9-24(10-4-1)32(25-11-5-2-6-12-25)26-18-15-22(16-19-26)31-23-17-20-28-27-13-7-8-14-29(27)33-30(28)21-23/h1-21,31H. The number of para-hydroxylation sites is 3. The van der Waals surface area contributed by atoms with Gasteiger partial charge in [0, 0.05) is 45.3 Å². The van der Waals surface area contributed by atoms with Crippen LogP contribution in [0.3, 0.4) is 0 Å². The average molecular weight is 427 g/mol. The van der Waals surface area contributed by atoms with Crippen LogP contribution < -0.4 is 10.2 Å². The fourth-order valence-electron chi connectivity index (χ4n) is 4.27. The van der Waals surface area contributed by atoms with Crippen LogP contribution in [0, 0.1) is 0 Å². The van der Waals surface area contributed by atoms with Crippen molar-refractivity contribution in [2.75, 3.05) is 10.2 Å². The molecule has 0 bridgehead atoms. The van der Waals surface area contributed by atoms with Crippen molar-refractivity contribution in [3.63, 3.8) is 0 Å². The van der Waals surface area contributed by atoms with Crippen LogP contribution >= 0.6 is 0 Å². The van der Waals surface area contributed by atoms with E-state index < -0.39 is 0 Å². The zero-order valence-corrected chi connectivity index (χ0v) is 18.0. The molecule has 158 valence electrons. The molecule has 0 saturated heterocycles. The van der Waals surface area contributed by atoms with Gasteiger partial charge in [0.2, 0.25) is 0 Å². The number of hydrogen-bond acceptors (Lipinski definition) is 3. The number of hydrogen-bond donors (Lipinski definition) is 1. The number of benzene rings is 5. The summed E-state index contributed by atoms with van der Waals surface area (Å²) >= 11 is 0. The molecule has 0 aliphatic rings. The first kappa shape index (κ1) is 19.2. The van der Waals surface area contributed by atoms with Crippen LogP contribution in [0.2, 0.25) is 0 Å². The number of anilines is 5. The lowest BCUT2D eigenvalue weighted by Gasteiger charge is -2.25. The lowest BCUT2D eigenvalue weighted by Crippen LogP contribution is -2.09. The van der Waals surface area contributed by atoms with Gasteiger partial charge in [0.15, 0.2) is 0 Å². The Labute approximate surface area is 192 Å². The summed E-state index contributed by atoms with van der Waals surface area (Å²) in [5.74, 6) is 0. The van der Waals surface area contributed by atoms with Crippen LogP contribution in [0.5, 0.6) is 0 Å². The van der Waals surface area contributed by atoms with E-state index in [1.165, 1.54) is 0 Å². The Morgan fingerprint density at radius 2 is 1.00 bits per heavy atom. The molecule has 0 atom stereocenters. The molecule has 5 aromatic carbocycles. The van der Waals surface area contributed by atoms with E-state index >= 15 is 0 Å². The summed E-state index contributed by atoms with van der Waals surface area (Å²) < 4.78 is 6.03. The molecule has 0 amide bonds. The third kappa shape index (κ3) is 3.70. The molecular formula is C30H22N2O. The first-order valence-electron chi connectivity index (χ1n) is 11.0. The van der Waals surface area contributed by atoms with Crippen LogP contribution in [0.4, 0.5) is 28.4 Å². The highest BCUT2D eigenvalue weighted by atomic mass is 16.3. The van der Waals surface area contributed by atoms with Gasteiger partial charge in [-0.2, -0.15) is 0 Å². The van der Waals surface area contributed by atoms with E-state index in [4.69, 9.17) is 4.42 Å². The lowest BCUT2D eigenvalue weighted by molar-refractivity contribution is 0.669. The van der Waals surface area contributed by atoms with Gasteiger partial charge in [-0.1, -0.05) is 54.6 Å². The summed E-state index contributed by atoms with van der Waals surface area (Å²) in [6, 6.07) is 43.8. The van der Waals surface area contributed by atoms with Crippen molar-refractivity contribution >= 4 is 50.4 Å². The Morgan fingerprint density at radius 3 is 1.70 bits per heavy atom. The monoisotopic (exact) mass is 426 g/mol. The molecule has 0 spiro atoms. The molecule has 3 nitrogen and oxygen atoms in total. The second-order valence-corrected chi connectivity index (χ2v) is 7.99. The van der Waals surface area contributed by atoms with Gasteiger partial charge in [-0.25, -0.2) is 0 Å². The Hall–Kier alpha value is -4.50. The molecule has 33 heavy (non-hydrogen) atoms. The zero-order valence-electron chi connectivity index (χ0n) is 18.0. The van der Waals surface area contributed by atoms with Crippen LogP contribution in [-0.2, 0) is 0 Å². The Balaban J connectivity index is 1.30. The van der Waals surface area contributed by atoms with E-state index in [-0.39, 0.29) is 0 Å². The summed E-state index contributed by atoms with van der Waals surface area (Å²) in [6.45, 7) is 0. The first-order valence-corrected chi connectivity index (χ1v) is 11.0. The Kier molecular flexibility index (Phi) is 4.78. The molecule has 0 aliphatic carbocycles. The van der Waals surface area contributed by atoms with Crippen molar-refractivity contribution in [1.29, 1.82) is 0 Å². The Morgan fingerprint density at radius 1 is 0.455 bits per heavy atom. The minimum atomic E-state index is 0.886. The smallest absolute Gasteiger partial charge is 0.137 e. The predicted molar refractivity (Wildman–Crippen MR) is 138 cm³/mol. The van der Waals surface area contributed by atoms with Crippen LogP contribution in [0.25, 0.3) is 21.9 Å². The van der Waals surface area contributed by atoms with Crippen LogP contribution in [0.1, 0.15) is 0 Å². The fourth-order valence-corrected chi connectivity index (χ4v) is 4.27. The maximum Gasteiger partial charge on any atom is 0.137 e. The van der Waals surface area contributed by atoms with E-state index in [9.17, 15) is 0 Å². The van der Waals surface area contributed by atoms with Gasteiger partial charge in [-0.15, -0.1) is 0 Å². The number of rotatable bonds is 5. The van der Waals surface area contributed by atoms with Crippen LogP contribution in [-0.4, -0.2) is 0 Å². The molecule has 6 rings (SSSR count). The topological polar surface area (TPSA) is 28.4 Å². The summed E-state index contributed by atoms with van der Waals surface area (Å²) in [4.78, 5) is 2.25. The van der Waals surface area contributed by atoms with Crippen molar-refractivity contribution in [3.8, 4) is 0 Å². The van der Waals surface area contributed by atoms with Crippen molar-refractivity contribution in [3.05, 3.63) is 127 Å². The molecule has 0 unspecified atom stereocenters. The fraction of sp³-hybridized carbons (Fsp3) is 0. The van der Waals surface area contributed by atoms with Gasteiger partial charge >= 0.3 is 0 Å². The molecular weight excluding hydrogens is 404 g/mol. The molecule has 3 heteroatoms. The molecule has 6 aromatic rings. The molecule has 0 saturated carbocycles.